The number of aromatic nitrogens is 1. The van der Waals surface area contributed by atoms with E-state index in [1.165, 1.54) is 12.3 Å². The molecule has 1 aromatic heterocycles. The van der Waals surface area contributed by atoms with Crippen molar-refractivity contribution < 1.29 is 9.59 Å². The Kier molecular flexibility index (Phi) is 5.12. The lowest BCUT2D eigenvalue weighted by atomic mass is 10.2. The van der Waals surface area contributed by atoms with Gasteiger partial charge in [0.2, 0.25) is 0 Å². The zero-order valence-electron chi connectivity index (χ0n) is 12.3. The maximum absolute atomic E-state index is 12.2. The smallest absolute Gasteiger partial charge is 0.270 e. The van der Waals surface area contributed by atoms with Crippen LogP contribution in [0.3, 0.4) is 0 Å². The van der Waals surface area contributed by atoms with Crippen LogP contribution in [0.25, 0.3) is 0 Å². The molecule has 2 rings (SSSR count). The predicted octanol–water partition coefficient (Wildman–Crippen LogP) is 3.13. The van der Waals surface area contributed by atoms with Crippen molar-refractivity contribution in [3.63, 3.8) is 0 Å². The van der Waals surface area contributed by atoms with Gasteiger partial charge < -0.3 is 10.6 Å². The Bertz CT molecular complexity index is 684. The van der Waals surface area contributed by atoms with Gasteiger partial charge in [-0.05, 0) is 50.2 Å². The van der Waals surface area contributed by atoms with Crippen LogP contribution in [0.5, 0.6) is 0 Å². The summed E-state index contributed by atoms with van der Waals surface area (Å²) in [5.41, 5.74) is 1.19. The molecule has 0 aliphatic heterocycles. The average molecular weight is 318 g/mol. The summed E-state index contributed by atoms with van der Waals surface area (Å²) in [6.45, 7) is 3.71. The summed E-state index contributed by atoms with van der Waals surface area (Å²) in [6.07, 6.45) is 1.44. The number of halogens is 1. The van der Waals surface area contributed by atoms with Crippen LogP contribution in [0.1, 0.15) is 34.7 Å². The molecule has 6 heteroatoms. The second kappa shape index (κ2) is 7.04. The summed E-state index contributed by atoms with van der Waals surface area (Å²) in [7, 11) is 0. The molecule has 2 N–H and O–H groups in total. The summed E-state index contributed by atoms with van der Waals surface area (Å²) in [6, 6.07) is 9.79. The third kappa shape index (κ3) is 4.30. The third-order valence-electron chi connectivity index (χ3n) is 2.78. The van der Waals surface area contributed by atoms with E-state index in [-0.39, 0.29) is 23.6 Å². The van der Waals surface area contributed by atoms with Crippen molar-refractivity contribution in [1.82, 2.24) is 10.3 Å². The Balaban J connectivity index is 2.13. The summed E-state index contributed by atoms with van der Waals surface area (Å²) in [4.78, 5) is 28.1. The van der Waals surface area contributed by atoms with Crippen LogP contribution in [0, 0.1) is 0 Å². The van der Waals surface area contributed by atoms with Gasteiger partial charge in [0.1, 0.15) is 5.69 Å². The zero-order chi connectivity index (χ0) is 16.1. The maximum atomic E-state index is 12.2. The van der Waals surface area contributed by atoms with Gasteiger partial charge >= 0.3 is 0 Å². The van der Waals surface area contributed by atoms with Crippen LogP contribution in [0.4, 0.5) is 5.69 Å². The van der Waals surface area contributed by atoms with Gasteiger partial charge in [-0.15, -0.1) is 0 Å². The highest BCUT2D eigenvalue weighted by atomic mass is 35.5. The molecule has 0 bridgehead atoms. The van der Waals surface area contributed by atoms with E-state index in [4.69, 9.17) is 11.6 Å². The quantitative estimate of drug-likeness (QED) is 0.910. The van der Waals surface area contributed by atoms with E-state index in [2.05, 4.69) is 15.6 Å². The van der Waals surface area contributed by atoms with Gasteiger partial charge in [-0.3, -0.25) is 14.6 Å². The second-order valence-corrected chi connectivity index (χ2v) is 5.46. The summed E-state index contributed by atoms with van der Waals surface area (Å²) in [5.74, 6) is -0.625. The number of anilines is 1. The number of nitrogens with zero attached hydrogens (tertiary/aromatic N) is 1. The van der Waals surface area contributed by atoms with Gasteiger partial charge in [-0.25, -0.2) is 0 Å². The number of carbonyl (C=O) groups excluding carboxylic acids is 2. The Morgan fingerprint density at radius 3 is 2.41 bits per heavy atom. The predicted molar refractivity (Wildman–Crippen MR) is 86.2 cm³/mol. The van der Waals surface area contributed by atoms with Gasteiger partial charge in [0, 0.05) is 28.5 Å². The van der Waals surface area contributed by atoms with Crippen molar-refractivity contribution in [3.05, 3.63) is 58.9 Å². The number of pyridine rings is 1. The Hall–Kier alpha value is -2.40. The Morgan fingerprint density at radius 1 is 1.09 bits per heavy atom. The monoisotopic (exact) mass is 317 g/mol. The van der Waals surface area contributed by atoms with E-state index in [0.717, 1.165) is 0 Å². The van der Waals surface area contributed by atoms with Gasteiger partial charge in [-0.2, -0.15) is 0 Å². The average Bonchev–Trinajstić information content (AvgIpc) is 2.49. The lowest BCUT2D eigenvalue weighted by molar-refractivity contribution is 0.0938. The molecule has 1 heterocycles. The molecule has 0 aliphatic carbocycles. The van der Waals surface area contributed by atoms with Crippen molar-refractivity contribution in [1.29, 1.82) is 0 Å². The minimum atomic E-state index is -0.316. The zero-order valence-corrected chi connectivity index (χ0v) is 13.0. The molecule has 0 radical (unpaired) electrons. The first-order valence-corrected chi connectivity index (χ1v) is 7.17. The largest absolute Gasteiger partial charge is 0.349 e. The normalized spacial score (nSPS) is 10.4. The highest BCUT2D eigenvalue weighted by molar-refractivity contribution is 6.30. The molecule has 0 aliphatic rings. The van der Waals surface area contributed by atoms with Gasteiger partial charge in [0.05, 0.1) is 0 Å². The summed E-state index contributed by atoms with van der Waals surface area (Å²) >= 11 is 5.80. The van der Waals surface area contributed by atoms with Crippen LogP contribution in [-0.4, -0.2) is 22.8 Å². The molecule has 0 spiro atoms. The molecule has 22 heavy (non-hydrogen) atoms. The fourth-order valence-electron chi connectivity index (χ4n) is 1.77. The molecule has 0 saturated heterocycles. The van der Waals surface area contributed by atoms with E-state index in [0.29, 0.717) is 16.3 Å². The Morgan fingerprint density at radius 2 is 1.77 bits per heavy atom. The molecule has 5 nitrogen and oxygen atoms in total. The first kappa shape index (κ1) is 16.0. The fraction of sp³-hybridized carbons (Fsp3) is 0.188. The number of nitrogens with one attached hydrogen (secondary N) is 2. The maximum Gasteiger partial charge on any atom is 0.270 e. The van der Waals surface area contributed by atoms with E-state index in [9.17, 15) is 9.59 Å². The highest BCUT2D eigenvalue weighted by Gasteiger charge is 2.12. The first-order valence-electron chi connectivity index (χ1n) is 6.79. The molecule has 114 valence electrons. The molecule has 1 aromatic carbocycles. The lowest BCUT2D eigenvalue weighted by Crippen LogP contribution is -2.31. The molecule has 0 atom stereocenters. The number of hydrogen-bond donors (Lipinski definition) is 2. The van der Waals surface area contributed by atoms with Crippen molar-refractivity contribution in [2.45, 2.75) is 19.9 Å². The molecule has 0 fully saturated rings. The van der Waals surface area contributed by atoms with Crippen molar-refractivity contribution in [2.24, 2.45) is 0 Å². The molecule has 0 saturated carbocycles. The van der Waals surface area contributed by atoms with Crippen molar-refractivity contribution >= 4 is 29.1 Å². The van der Waals surface area contributed by atoms with E-state index < -0.39 is 0 Å². The number of amides is 2. The first-order chi connectivity index (χ1) is 10.5. The minimum absolute atomic E-state index is 0.000787. The highest BCUT2D eigenvalue weighted by Crippen LogP contribution is 2.14. The molecule has 2 amide bonds. The molecule has 2 aromatic rings. The number of hydrogen-bond acceptors (Lipinski definition) is 3. The third-order valence-corrected chi connectivity index (χ3v) is 3.03. The van der Waals surface area contributed by atoms with Crippen molar-refractivity contribution in [2.75, 3.05) is 5.32 Å². The van der Waals surface area contributed by atoms with Crippen LogP contribution in [-0.2, 0) is 0 Å². The number of carbonyl (C=O) groups is 2. The summed E-state index contributed by atoms with van der Waals surface area (Å²) in [5, 5.41) is 6.06. The topological polar surface area (TPSA) is 71.1 Å². The van der Waals surface area contributed by atoms with Crippen LogP contribution < -0.4 is 10.6 Å². The Labute approximate surface area is 133 Å². The lowest BCUT2D eigenvalue weighted by Gasteiger charge is -2.09. The SMILES string of the molecule is CC(C)NC(=O)c1cc(C(=O)Nc2ccc(Cl)cc2)ccn1. The fourth-order valence-corrected chi connectivity index (χ4v) is 1.89. The summed E-state index contributed by atoms with van der Waals surface area (Å²) < 4.78 is 0. The second-order valence-electron chi connectivity index (χ2n) is 5.02. The van der Waals surface area contributed by atoms with Crippen LogP contribution in [0.2, 0.25) is 5.02 Å². The van der Waals surface area contributed by atoms with E-state index in [1.54, 1.807) is 30.3 Å². The van der Waals surface area contributed by atoms with Gasteiger partial charge in [0.25, 0.3) is 11.8 Å². The van der Waals surface area contributed by atoms with Gasteiger partial charge in [0.15, 0.2) is 0 Å². The number of rotatable bonds is 4. The van der Waals surface area contributed by atoms with Crippen LogP contribution in [0.15, 0.2) is 42.6 Å². The van der Waals surface area contributed by atoms with Crippen LogP contribution >= 0.6 is 11.6 Å². The number of benzene rings is 1. The van der Waals surface area contributed by atoms with E-state index in [1.807, 2.05) is 13.8 Å². The van der Waals surface area contributed by atoms with Crippen molar-refractivity contribution in [3.8, 4) is 0 Å². The van der Waals surface area contributed by atoms with Gasteiger partial charge in [-0.1, -0.05) is 11.6 Å². The van der Waals surface area contributed by atoms with E-state index >= 15 is 0 Å². The minimum Gasteiger partial charge on any atom is -0.349 e. The molecular weight excluding hydrogens is 302 g/mol. The standard InChI is InChI=1S/C16H16ClN3O2/c1-10(2)19-16(22)14-9-11(7-8-18-14)15(21)20-13-5-3-12(17)4-6-13/h3-10H,1-2H3,(H,19,22)(H,20,21). The molecule has 0 unspecified atom stereocenters. The molecular formula is C16H16ClN3O2.